The Hall–Kier alpha value is -3.97. The number of nitrogens with zero attached hydrogens (tertiary/aromatic N) is 5. The minimum Gasteiger partial charge on any atom is -0.494 e. The van der Waals surface area contributed by atoms with Crippen LogP contribution < -0.4 is 25.3 Å². The number of hydroxylamine groups is 1. The lowest BCUT2D eigenvalue weighted by molar-refractivity contribution is -0.111. The Kier molecular flexibility index (Phi) is 9.88. The maximum Gasteiger partial charge on any atom is 0.247 e. The van der Waals surface area contributed by atoms with Gasteiger partial charge in [-0.25, -0.2) is 19.4 Å². The van der Waals surface area contributed by atoms with Crippen molar-refractivity contribution in [2.45, 2.75) is 44.4 Å². The molecule has 3 saturated heterocycles. The Morgan fingerprint density at radius 1 is 1.11 bits per heavy atom. The van der Waals surface area contributed by atoms with Crippen LogP contribution in [0, 0.1) is 5.82 Å². The van der Waals surface area contributed by atoms with E-state index in [0.29, 0.717) is 47.8 Å². The van der Waals surface area contributed by atoms with Crippen LogP contribution >= 0.6 is 11.6 Å². The van der Waals surface area contributed by atoms with Crippen molar-refractivity contribution in [3.05, 3.63) is 71.8 Å². The second-order valence-electron chi connectivity index (χ2n) is 11.7. The van der Waals surface area contributed by atoms with Gasteiger partial charge in [0.2, 0.25) is 5.91 Å². The van der Waals surface area contributed by atoms with Crippen molar-refractivity contribution in [1.82, 2.24) is 14.9 Å². The van der Waals surface area contributed by atoms with E-state index < -0.39 is 5.82 Å². The third-order valence-electron chi connectivity index (χ3n) is 8.73. The first-order chi connectivity index (χ1) is 22.3. The largest absolute Gasteiger partial charge is 0.494 e. The number of piperidine rings is 1. The molecule has 0 spiro atoms. The van der Waals surface area contributed by atoms with Gasteiger partial charge in [-0.05, 0) is 49.6 Å². The Morgan fingerprint density at radius 2 is 1.93 bits per heavy atom. The van der Waals surface area contributed by atoms with E-state index in [-0.39, 0.29) is 23.1 Å². The first-order valence-corrected chi connectivity index (χ1v) is 15.9. The highest BCUT2D eigenvalue weighted by Gasteiger charge is 2.31. The topological polar surface area (TPSA) is 104 Å². The third-order valence-corrected chi connectivity index (χ3v) is 9.02. The second-order valence-corrected chi connectivity index (χ2v) is 12.1. The fourth-order valence-corrected chi connectivity index (χ4v) is 6.61. The highest BCUT2D eigenvalue weighted by Crippen LogP contribution is 2.41. The van der Waals surface area contributed by atoms with Crippen molar-refractivity contribution in [3.8, 4) is 5.75 Å². The zero-order valence-corrected chi connectivity index (χ0v) is 26.8. The highest BCUT2D eigenvalue weighted by atomic mass is 35.5. The van der Waals surface area contributed by atoms with Gasteiger partial charge in [-0.1, -0.05) is 24.2 Å². The van der Waals surface area contributed by atoms with E-state index in [0.717, 1.165) is 56.9 Å². The number of methoxy groups -OCH3 is 1. The predicted octanol–water partition coefficient (Wildman–Crippen LogP) is 5.72. The lowest BCUT2D eigenvalue weighted by Crippen LogP contribution is -2.51. The van der Waals surface area contributed by atoms with Crippen molar-refractivity contribution >= 4 is 46.2 Å². The number of benzene rings is 2. The summed E-state index contributed by atoms with van der Waals surface area (Å²) in [4.78, 5) is 32.1. The van der Waals surface area contributed by atoms with Crippen LogP contribution in [0.5, 0.6) is 5.75 Å². The molecule has 2 aromatic carbocycles. The minimum absolute atomic E-state index is 0.0559. The van der Waals surface area contributed by atoms with Crippen molar-refractivity contribution in [2.24, 2.45) is 0 Å². The van der Waals surface area contributed by atoms with Crippen LogP contribution in [-0.2, 0) is 14.4 Å². The number of hydrogen-bond donors (Lipinski definition) is 2. The molecule has 3 fully saturated rings. The Bertz CT molecular complexity index is 1570. The average molecular weight is 652 g/mol. The average Bonchev–Trinajstić information content (AvgIpc) is 3.57. The van der Waals surface area contributed by atoms with Gasteiger partial charge in [-0.15, -0.1) is 0 Å². The monoisotopic (exact) mass is 651 g/mol. The number of hydrogen-bond acceptors (Lipinski definition) is 10. The molecule has 3 aliphatic rings. The number of carbonyl (C=O) groups is 1. The van der Waals surface area contributed by atoms with E-state index in [1.54, 1.807) is 30.4 Å². The Morgan fingerprint density at radius 3 is 2.67 bits per heavy atom. The standard InChI is InChI=1S/C33H39ClFN7O4/c1-4-33(43)39-26-16-27(30(44-3)17-29(26)40-10-7-23(8-11-40)41-12-14-45-21(2)19-41)38-31-18-32(37-20-36-31)42-28(9-13-46-42)22-5-6-25(35)24(34)15-22/h4-6,15-18,20-21,23,28H,1,7-14,19H2,2-3H3,(H,39,43)(H,36,37,38)/t21-,28-/m1/s1. The molecule has 46 heavy (non-hydrogen) atoms. The third kappa shape index (κ3) is 7.05. The first kappa shape index (κ1) is 32.0. The summed E-state index contributed by atoms with van der Waals surface area (Å²) in [6.45, 7) is 10.6. The number of ether oxygens (including phenoxy) is 2. The number of aromatic nitrogens is 2. The molecule has 0 aliphatic carbocycles. The van der Waals surface area contributed by atoms with E-state index in [1.165, 1.54) is 18.5 Å². The lowest BCUT2D eigenvalue weighted by Gasteiger charge is -2.42. The van der Waals surface area contributed by atoms with Crippen LogP contribution in [0.2, 0.25) is 5.02 Å². The molecule has 4 heterocycles. The molecular weight excluding hydrogens is 613 g/mol. The SMILES string of the molecule is C=CC(=O)Nc1cc(Nc2cc(N3OCC[C@@H]3c3ccc(F)c(Cl)c3)ncn2)c(OC)cc1N1CCC(N2CCO[C@H](C)C2)CC1. The smallest absolute Gasteiger partial charge is 0.247 e. The molecule has 2 N–H and O–H groups in total. The summed E-state index contributed by atoms with van der Waals surface area (Å²) in [5, 5.41) is 8.06. The fourth-order valence-electron chi connectivity index (χ4n) is 6.42. The van der Waals surface area contributed by atoms with Gasteiger partial charge >= 0.3 is 0 Å². The molecule has 0 radical (unpaired) electrons. The van der Waals surface area contributed by atoms with Crippen LogP contribution in [0.15, 0.2) is 55.4 Å². The molecule has 1 amide bonds. The summed E-state index contributed by atoms with van der Waals surface area (Å²) in [5.41, 5.74) is 2.94. The molecule has 2 atom stereocenters. The van der Waals surface area contributed by atoms with E-state index in [2.05, 4.69) is 43.9 Å². The molecule has 0 unspecified atom stereocenters. The van der Waals surface area contributed by atoms with Gasteiger partial charge in [0.15, 0.2) is 5.82 Å². The zero-order chi connectivity index (χ0) is 32.2. The summed E-state index contributed by atoms with van der Waals surface area (Å²) in [5.74, 6) is 0.821. The van der Waals surface area contributed by atoms with Crippen molar-refractivity contribution in [1.29, 1.82) is 0 Å². The van der Waals surface area contributed by atoms with Gasteiger partial charge < -0.3 is 25.0 Å². The molecule has 11 nitrogen and oxygen atoms in total. The number of carbonyl (C=O) groups excluding carboxylic acids is 1. The van der Waals surface area contributed by atoms with Gasteiger partial charge in [-0.3, -0.25) is 14.5 Å². The molecular formula is C33H39ClFN7O4. The van der Waals surface area contributed by atoms with Crippen LogP contribution in [0.1, 0.15) is 37.8 Å². The number of halogens is 2. The maximum absolute atomic E-state index is 13.8. The summed E-state index contributed by atoms with van der Waals surface area (Å²) >= 11 is 6.06. The normalized spacial score (nSPS) is 20.9. The summed E-state index contributed by atoms with van der Waals surface area (Å²) in [6.07, 6.45) is 5.65. The van der Waals surface area contributed by atoms with Crippen molar-refractivity contribution in [2.75, 3.05) is 67.1 Å². The number of amides is 1. The van der Waals surface area contributed by atoms with Gasteiger partial charge in [0.05, 0.1) is 54.6 Å². The van der Waals surface area contributed by atoms with Gasteiger partial charge in [-0.2, -0.15) is 0 Å². The molecule has 0 saturated carbocycles. The van der Waals surface area contributed by atoms with Gasteiger partial charge in [0.1, 0.15) is 23.7 Å². The van der Waals surface area contributed by atoms with E-state index in [9.17, 15) is 9.18 Å². The molecule has 1 aromatic heterocycles. The molecule has 244 valence electrons. The predicted molar refractivity (Wildman–Crippen MR) is 177 cm³/mol. The Balaban J connectivity index is 1.23. The maximum atomic E-state index is 13.8. The van der Waals surface area contributed by atoms with Crippen molar-refractivity contribution < 1.29 is 23.5 Å². The Labute approximate surface area is 273 Å². The number of anilines is 5. The van der Waals surface area contributed by atoms with Crippen LogP contribution in [0.4, 0.5) is 33.1 Å². The van der Waals surface area contributed by atoms with Crippen molar-refractivity contribution in [3.63, 3.8) is 0 Å². The molecule has 13 heteroatoms. The molecule has 6 rings (SSSR count). The fraction of sp³-hybridized carbons (Fsp3) is 0.424. The number of morpholine rings is 1. The second kappa shape index (κ2) is 14.2. The van der Waals surface area contributed by atoms with Crippen LogP contribution in [-0.4, -0.2) is 79.4 Å². The summed E-state index contributed by atoms with van der Waals surface area (Å²) in [7, 11) is 1.61. The van der Waals surface area contributed by atoms with Gasteiger partial charge in [0, 0.05) is 50.8 Å². The van der Waals surface area contributed by atoms with Crippen LogP contribution in [0.3, 0.4) is 0 Å². The quantitative estimate of drug-likeness (QED) is 0.279. The van der Waals surface area contributed by atoms with E-state index in [4.69, 9.17) is 25.9 Å². The van der Waals surface area contributed by atoms with Crippen LogP contribution in [0.25, 0.3) is 0 Å². The van der Waals surface area contributed by atoms with E-state index in [1.807, 2.05) is 12.1 Å². The summed E-state index contributed by atoms with van der Waals surface area (Å²) < 4.78 is 25.4. The highest BCUT2D eigenvalue weighted by molar-refractivity contribution is 6.30. The molecule has 3 aromatic rings. The molecule has 0 bridgehead atoms. The minimum atomic E-state index is -0.472. The van der Waals surface area contributed by atoms with Gasteiger partial charge in [0.25, 0.3) is 0 Å². The first-order valence-electron chi connectivity index (χ1n) is 15.5. The molecule has 3 aliphatic heterocycles. The lowest BCUT2D eigenvalue weighted by atomic mass is 10.0. The number of nitrogens with one attached hydrogen (secondary N) is 2. The number of rotatable bonds is 9. The zero-order valence-electron chi connectivity index (χ0n) is 26.0. The van der Waals surface area contributed by atoms with E-state index >= 15 is 0 Å². The summed E-state index contributed by atoms with van der Waals surface area (Å²) in [6, 6.07) is 10.5.